The number of fused-ring (bicyclic) bond motifs is 1. The molecular formula is C17H16Cl2N6. The molecule has 1 spiro atoms. The summed E-state index contributed by atoms with van der Waals surface area (Å²) in [5.74, 6) is 1.69. The van der Waals surface area contributed by atoms with E-state index in [1.54, 1.807) is 12.4 Å². The molecule has 3 aromatic rings. The highest BCUT2D eigenvalue weighted by Gasteiger charge is 2.52. The molecule has 1 aliphatic heterocycles. The molecule has 128 valence electrons. The summed E-state index contributed by atoms with van der Waals surface area (Å²) in [6.07, 6.45) is 5.57. The van der Waals surface area contributed by atoms with Gasteiger partial charge in [0.25, 0.3) is 0 Å². The molecule has 1 saturated heterocycles. The Balaban J connectivity index is 1.48. The zero-order valence-electron chi connectivity index (χ0n) is 13.4. The second kappa shape index (κ2) is 5.47. The van der Waals surface area contributed by atoms with Gasteiger partial charge in [0, 0.05) is 19.6 Å². The van der Waals surface area contributed by atoms with Crippen molar-refractivity contribution >= 4 is 45.9 Å². The molecular weight excluding hydrogens is 359 g/mol. The van der Waals surface area contributed by atoms with E-state index in [9.17, 15) is 0 Å². The maximum absolute atomic E-state index is 6.45. The van der Waals surface area contributed by atoms with E-state index in [1.165, 1.54) is 0 Å². The van der Waals surface area contributed by atoms with Crippen molar-refractivity contribution < 1.29 is 0 Å². The Labute approximate surface area is 154 Å². The molecule has 2 aromatic heterocycles. The number of hydrogen-bond donors (Lipinski definition) is 1. The summed E-state index contributed by atoms with van der Waals surface area (Å²) in [6, 6.07) is 5.87. The predicted molar refractivity (Wildman–Crippen MR) is 99.7 cm³/mol. The molecule has 6 nitrogen and oxygen atoms in total. The van der Waals surface area contributed by atoms with Gasteiger partial charge in [-0.25, -0.2) is 9.97 Å². The van der Waals surface area contributed by atoms with Crippen LogP contribution in [0.1, 0.15) is 12.8 Å². The molecule has 0 radical (unpaired) electrons. The zero-order chi connectivity index (χ0) is 17.0. The van der Waals surface area contributed by atoms with Gasteiger partial charge >= 0.3 is 0 Å². The summed E-state index contributed by atoms with van der Waals surface area (Å²) in [4.78, 5) is 13.4. The summed E-state index contributed by atoms with van der Waals surface area (Å²) in [5, 5.41) is 9.99. The normalized spacial score (nSPS) is 19.0. The van der Waals surface area contributed by atoms with E-state index in [1.807, 2.05) is 18.2 Å². The SMILES string of the molecule is Clc1cnc(N2CCN(c3n[nH]c4cccc(Cl)c34)C3(CC3)C2)nc1. The topological polar surface area (TPSA) is 60.9 Å². The fourth-order valence-corrected chi connectivity index (χ4v) is 4.09. The Morgan fingerprint density at radius 3 is 2.64 bits per heavy atom. The molecule has 8 heteroatoms. The Bertz CT molecular complexity index is 934. The van der Waals surface area contributed by atoms with Crippen LogP contribution in [-0.2, 0) is 0 Å². The molecule has 2 fully saturated rings. The number of H-pyrrole nitrogens is 1. The first-order valence-corrected chi connectivity index (χ1v) is 9.05. The van der Waals surface area contributed by atoms with Crippen LogP contribution in [0.3, 0.4) is 0 Å². The molecule has 1 N–H and O–H groups in total. The Hall–Kier alpha value is -2.05. The molecule has 3 heterocycles. The first-order chi connectivity index (χ1) is 12.2. The first-order valence-electron chi connectivity index (χ1n) is 8.29. The first kappa shape index (κ1) is 15.2. The summed E-state index contributed by atoms with van der Waals surface area (Å²) in [7, 11) is 0. The number of rotatable bonds is 2. The van der Waals surface area contributed by atoms with Gasteiger partial charge in [0.2, 0.25) is 5.95 Å². The number of aromatic nitrogens is 4. The van der Waals surface area contributed by atoms with Crippen LogP contribution in [0.4, 0.5) is 11.8 Å². The van der Waals surface area contributed by atoms with E-state index in [2.05, 4.69) is 30.0 Å². The lowest BCUT2D eigenvalue weighted by molar-refractivity contribution is 0.500. The van der Waals surface area contributed by atoms with Crippen molar-refractivity contribution in [1.82, 2.24) is 20.2 Å². The van der Waals surface area contributed by atoms with Crippen molar-refractivity contribution in [2.75, 3.05) is 29.4 Å². The second-order valence-corrected chi connectivity index (χ2v) is 7.55. The quantitative estimate of drug-likeness (QED) is 0.743. The number of halogens is 2. The van der Waals surface area contributed by atoms with Crippen LogP contribution in [0.15, 0.2) is 30.6 Å². The summed E-state index contributed by atoms with van der Waals surface area (Å²) < 4.78 is 0. The number of benzene rings is 1. The van der Waals surface area contributed by atoms with E-state index < -0.39 is 0 Å². The lowest BCUT2D eigenvalue weighted by Crippen LogP contribution is -2.56. The van der Waals surface area contributed by atoms with Gasteiger partial charge in [0.15, 0.2) is 5.82 Å². The van der Waals surface area contributed by atoms with Crippen LogP contribution in [0.2, 0.25) is 10.0 Å². The lowest BCUT2D eigenvalue weighted by atomic mass is 10.1. The van der Waals surface area contributed by atoms with Gasteiger partial charge in [-0.1, -0.05) is 29.3 Å². The smallest absolute Gasteiger partial charge is 0.225 e. The average molecular weight is 375 g/mol. The fraction of sp³-hybridized carbons (Fsp3) is 0.353. The molecule has 2 aliphatic rings. The maximum atomic E-state index is 6.45. The Kier molecular flexibility index (Phi) is 3.33. The van der Waals surface area contributed by atoms with E-state index in [0.717, 1.165) is 60.2 Å². The zero-order valence-corrected chi connectivity index (χ0v) is 14.9. The number of aromatic amines is 1. The van der Waals surface area contributed by atoms with Crippen LogP contribution < -0.4 is 9.80 Å². The molecule has 1 aliphatic carbocycles. The third-order valence-electron chi connectivity index (χ3n) is 5.14. The molecule has 0 bridgehead atoms. The summed E-state index contributed by atoms with van der Waals surface area (Å²) >= 11 is 12.4. The molecule has 0 unspecified atom stereocenters. The number of anilines is 2. The van der Waals surface area contributed by atoms with Crippen LogP contribution in [0.5, 0.6) is 0 Å². The standard InChI is InChI=1S/C17H16Cl2N6/c18-11-8-20-16(21-9-11)24-6-7-25(17(10-24)4-5-17)15-14-12(19)2-1-3-13(14)22-23-15/h1-3,8-9H,4-7,10H2,(H,22,23). The third kappa shape index (κ3) is 2.43. The van der Waals surface area contributed by atoms with E-state index >= 15 is 0 Å². The van der Waals surface area contributed by atoms with Crippen molar-refractivity contribution in [2.45, 2.75) is 18.4 Å². The molecule has 1 aromatic carbocycles. The van der Waals surface area contributed by atoms with Gasteiger partial charge in [0.1, 0.15) is 0 Å². The highest BCUT2D eigenvalue weighted by atomic mass is 35.5. The van der Waals surface area contributed by atoms with Crippen molar-refractivity contribution in [1.29, 1.82) is 0 Å². The van der Waals surface area contributed by atoms with Gasteiger partial charge < -0.3 is 9.80 Å². The maximum Gasteiger partial charge on any atom is 0.225 e. The second-order valence-electron chi connectivity index (χ2n) is 6.71. The Morgan fingerprint density at radius 2 is 1.88 bits per heavy atom. The monoisotopic (exact) mass is 374 g/mol. The molecule has 5 rings (SSSR count). The lowest BCUT2D eigenvalue weighted by Gasteiger charge is -2.42. The molecule has 25 heavy (non-hydrogen) atoms. The van der Waals surface area contributed by atoms with Crippen LogP contribution in [-0.4, -0.2) is 45.3 Å². The fourth-order valence-electron chi connectivity index (χ4n) is 3.73. The minimum atomic E-state index is 0.0859. The van der Waals surface area contributed by atoms with Gasteiger partial charge in [-0.2, -0.15) is 5.10 Å². The molecule has 1 saturated carbocycles. The van der Waals surface area contributed by atoms with Gasteiger partial charge in [-0.05, 0) is 25.0 Å². The molecule has 0 amide bonds. The number of hydrogen-bond acceptors (Lipinski definition) is 5. The number of piperazine rings is 1. The number of nitrogens with zero attached hydrogens (tertiary/aromatic N) is 5. The van der Waals surface area contributed by atoms with Gasteiger partial charge in [-0.15, -0.1) is 0 Å². The van der Waals surface area contributed by atoms with Crippen molar-refractivity contribution in [2.24, 2.45) is 0 Å². The minimum Gasteiger partial charge on any atom is -0.345 e. The van der Waals surface area contributed by atoms with Crippen LogP contribution in [0, 0.1) is 0 Å². The predicted octanol–water partition coefficient (Wildman–Crippen LogP) is 3.52. The number of nitrogens with one attached hydrogen (secondary N) is 1. The summed E-state index contributed by atoms with van der Waals surface area (Å²) in [6.45, 7) is 2.58. The van der Waals surface area contributed by atoms with Gasteiger partial charge in [-0.3, -0.25) is 5.10 Å². The highest BCUT2D eigenvalue weighted by molar-refractivity contribution is 6.36. The van der Waals surface area contributed by atoms with E-state index in [4.69, 9.17) is 23.2 Å². The van der Waals surface area contributed by atoms with Crippen molar-refractivity contribution in [3.63, 3.8) is 0 Å². The van der Waals surface area contributed by atoms with Crippen LogP contribution >= 0.6 is 23.2 Å². The third-order valence-corrected chi connectivity index (χ3v) is 5.65. The van der Waals surface area contributed by atoms with Crippen molar-refractivity contribution in [3.8, 4) is 0 Å². The largest absolute Gasteiger partial charge is 0.345 e. The highest BCUT2D eigenvalue weighted by Crippen LogP contribution is 2.48. The van der Waals surface area contributed by atoms with Gasteiger partial charge in [0.05, 0.1) is 38.9 Å². The van der Waals surface area contributed by atoms with E-state index in [0.29, 0.717) is 5.02 Å². The van der Waals surface area contributed by atoms with Crippen molar-refractivity contribution in [3.05, 3.63) is 40.6 Å². The average Bonchev–Trinajstić information content (AvgIpc) is 3.23. The molecule has 0 atom stereocenters. The Morgan fingerprint density at radius 1 is 1.08 bits per heavy atom. The minimum absolute atomic E-state index is 0.0859. The summed E-state index contributed by atoms with van der Waals surface area (Å²) in [5.41, 5.74) is 1.06. The van der Waals surface area contributed by atoms with Crippen LogP contribution in [0.25, 0.3) is 10.9 Å². The van der Waals surface area contributed by atoms with E-state index in [-0.39, 0.29) is 5.54 Å².